The zero-order valence-corrected chi connectivity index (χ0v) is 17.5. The fourth-order valence-corrected chi connectivity index (χ4v) is 4.22. The molecule has 4 rings (SSSR count). The molecule has 0 aliphatic carbocycles. The third kappa shape index (κ3) is 4.16. The van der Waals surface area contributed by atoms with Crippen LogP contribution in [0.5, 0.6) is 0 Å². The molecule has 2 aliphatic heterocycles. The minimum atomic E-state index is -0.661. The molecule has 3 heterocycles. The molecule has 8 heteroatoms. The molecule has 29 heavy (non-hydrogen) atoms. The summed E-state index contributed by atoms with van der Waals surface area (Å²) in [5.41, 5.74) is 1.24. The molecule has 2 fully saturated rings. The number of nitrogens with one attached hydrogen (secondary N) is 2. The second-order valence-electron chi connectivity index (χ2n) is 7.67. The van der Waals surface area contributed by atoms with Crippen molar-refractivity contribution in [3.8, 4) is 0 Å². The summed E-state index contributed by atoms with van der Waals surface area (Å²) in [5.74, 6) is 0.161. The number of benzene rings is 1. The monoisotopic (exact) mass is 417 g/mol. The van der Waals surface area contributed by atoms with Gasteiger partial charge in [0.05, 0.1) is 6.04 Å². The maximum Gasteiger partial charge on any atom is 0.248 e. The Labute approximate surface area is 177 Å². The van der Waals surface area contributed by atoms with Crippen LogP contribution in [0.2, 0.25) is 0 Å². The Hall–Kier alpha value is -2.38. The Kier molecular flexibility index (Phi) is 6.59. The summed E-state index contributed by atoms with van der Waals surface area (Å²) in [6.07, 6.45) is 6.50. The van der Waals surface area contributed by atoms with Crippen LogP contribution in [0.1, 0.15) is 44.2 Å². The zero-order chi connectivity index (χ0) is 19.6. The van der Waals surface area contributed by atoms with Crippen molar-refractivity contribution >= 4 is 29.9 Å². The summed E-state index contributed by atoms with van der Waals surface area (Å²) in [5, 5.41) is 10.9. The summed E-state index contributed by atoms with van der Waals surface area (Å²) in [7, 11) is 0. The molecule has 0 radical (unpaired) electrons. The van der Waals surface area contributed by atoms with Gasteiger partial charge in [0, 0.05) is 31.0 Å². The number of nitrogens with zero attached hydrogens (tertiary/aromatic N) is 3. The number of anilines is 1. The first-order valence-electron chi connectivity index (χ1n) is 10.0. The van der Waals surface area contributed by atoms with Gasteiger partial charge in [-0.3, -0.25) is 14.3 Å². The van der Waals surface area contributed by atoms with Gasteiger partial charge in [-0.15, -0.1) is 12.4 Å². The van der Waals surface area contributed by atoms with E-state index in [0.29, 0.717) is 19.3 Å². The van der Waals surface area contributed by atoms with Crippen LogP contribution in [0.3, 0.4) is 0 Å². The largest absolute Gasteiger partial charge is 0.347 e. The lowest BCUT2D eigenvalue weighted by atomic mass is 9.87. The first kappa shape index (κ1) is 21.3. The molecule has 2 aliphatic rings. The van der Waals surface area contributed by atoms with Crippen LogP contribution in [0.4, 0.5) is 5.69 Å². The highest BCUT2D eigenvalue weighted by Crippen LogP contribution is 2.29. The fourth-order valence-electron chi connectivity index (χ4n) is 4.22. The first-order chi connectivity index (χ1) is 13.6. The molecule has 7 nitrogen and oxygen atoms in total. The van der Waals surface area contributed by atoms with Gasteiger partial charge in [-0.1, -0.05) is 12.1 Å². The average molecular weight is 418 g/mol. The molecule has 1 atom stereocenters. The quantitative estimate of drug-likeness (QED) is 0.782. The topological polar surface area (TPSA) is 79.3 Å². The molecular weight excluding hydrogens is 390 g/mol. The number of amides is 2. The van der Waals surface area contributed by atoms with Crippen LogP contribution in [0.15, 0.2) is 42.7 Å². The SMILES string of the molecule is CC(NC(=O)C1(n2cccn2)CCNCC1)c1cccc(N2CCCC2=O)c1.Cl. The standard InChI is InChI=1S/C21H27N5O2.ClH/c1-16(17-5-2-6-18(15-17)25-13-3-7-19(25)27)24-20(28)21(8-11-22-12-9-21)26-14-4-10-23-26;/h2,4-6,10,14-16,22H,3,7-9,11-13H2,1H3,(H,24,28);1H. The van der Waals surface area contributed by atoms with Gasteiger partial charge in [0.1, 0.15) is 5.54 Å². The van der Waals surface area contributed by atoms with Gasteiger partial charge in [0.15, 0.2) is 0 Å². The van der Waals surface area contributed by atoms with E-state index in [2.05, 4.69) is 15.7 Å². The molecule has 156 valence electrons. The van der Waals surface area contributed by atoms with Gasteiger partial charge in [0.25, 0.3) is 0 Å². The summed E-state index contributed by atoms with van der Waals surface area (Å²) in [6.45, 7) is 4.32. The molecule has 2 aromatic rings. The van der Waals surface area contributed by atoms with Crippen LogP contribution < -0.4 is 15.5 Å². The number of hydrogen-bond acceptors (Lipinski definition) is 4. The normalized spacial score (nSPS) is 19.5. The highest BCUT2D eigenvalue weighted by atomic mass is 35.5. The Balaban J connectivity index is 0.00000240. The predicted molar refractivity (Wildman–Crippen MR) is 114 cm³/mol. The van der Waals surface area contributed by atoms with E-state index >= 15 is 0 Å². The van der Waals surface area contributed by atoms with E-state index in [1.54, 1.807) is 10.9 Å². The van der Waals surface area contributed by atoms with E-state index in [1.165, 1.54) is 0 Å². The van der Waals surface area contributed by atoms with Gasteiger partial charge in [-0.05, 0) is 63.0 Å². The van der Waals surface area contributed by atoms with Crippen molar-refractivity contribution in [3.05, 3.63) is 48.3 Å². The number of halogens is 1. The number of piperidine rings is 1. The van der Waals surface area contributed by atoms with E-state index in [1.807, 2.05) is 48.4 Å². The molecule has 2 N–H and O–H groups in total. The van der Waals surface area contributed by atoms with Gasteiger partial charge in [0.2, 0.25) is 11.8 Å². The molecule has 2 amide bonds. The van der Waals surface area contributed by atoms with E-state index in [0.717, 1.165) is 37.3 Å². The lowest BCUT2D eigenvalue weighted by Crippen LogP contribution is -2.55. The molecule has 1 unspecified atom stereocenters. The van der Waals surface area contributed by atoms with Crippen LogP contribution >= 0.6 is 12.4 Å². The lowest BCUT2D eigenvalue weighted by Gasteiger charge is -2.37. The average Bonchev–Trinajstić information content (AvgIpc) is 3.40. The maximum absolute atomic E-state index is 13.3. The van der Waals surface area contributed by atoms with Gasteiger partial charge in [-0.2, -0.15) is 5.10 Å². The van der Waals surface area contributed by atoms with Gasteiger partial charge in [-0.25, -0.2) is 0 Å². The third-order valence-electron chi connectivity index (χ3n) is 5.90. The van der Waals surface area contributed by atoms with Crippen LogP contribution in [0.25, 0.3) is 0 Å². The van der Waals surface area contributed by atoms with E-state index < -0.39 is 5.54 Å². The number of carbonyl (C=O) groups is 2. The summed E-state index contributed by atoms with van der Waals surface area (Å²) < 4.78 is 1.80. The van der Waals surface area contributed by atoms with E-state index in [4.69, 9.17) is 0 Å². The van der Waals surface area contributed by atoms with Crippen molar-refractivity contribution in [1.82, 2.24) is 20.4 Å². The summed E-state index contributed by atoms with van der Waals surface area (Å²) in [6, 6.07) is 9.62. The molecule has 2 saturated heterocycles. The van der Waals surface area contributed by atoms with Crippen molar-refractivity contribution in [2.75, 3.05) is 24.5 Å². The molecule has 0 saturated carbocycles. The second kappa shape index (κ2) is 8.97. The van der Waals surface area contributed by atoms with Crippen molar-refractivity contribution in [2.24, 2.45) is 0 Å². The van der Waals surface area contributed by atoms with E-state index in [9.17, 15) is 9.59 Å². The Morgan fingerprint density at radius 2 is 2.07 bits per heavy atom. The highest BCUT2D eigenvalue weighted by Gasteiger charge is 2.42. The molecule has 0 spiro atoms. The van der Waals surface area contributed by atoms with Crippen LogP contribution in [0, 0.1) is 0 Å². The predicted octanol–water partition coefficient (Wildman–Crippen LogP) is 2.39. The highest BCUT2D eigenvalue weighted by molar-refractivity contribution is 5.95. The molecule has 1 aromatic carbocycles. The van der Waals surface area contributed by atoms with Crippen molar-refractivity contribution < 1.29 is 9.59 Å². The second-order valence-corrected chi connectivity index (χ2v) is 7.67. The first-order valence-corrected chi connectivity index (χ1v) is 10.0. The van der Waals surface area contributed by atoms with Gasteiger partial charge < -0.3 is 15.5 Å². The minimum absolute atomic E-state index is 0. The Morgan fingerprint density at radius 3 is 2.72 bits per heavy atom. The van der Waals surface area contributed by atoms with E-state index in [-0.39, 0.29) is 30.3 Å². The van der Waals surface area contributed by atoms with Crippen LogP contribution in [-0.2, 0) is 15.1 Å². The fraction of sp³-hybridized carbons (Fsp3) is 0.476. The Morgan fingerprint density at radius 1 is 1.28 bits per heavy atom. The molecule has 1 aromatic heterocycles. The van der Waals surface area contributed by atoms with Gasteiger partial charge >= 0.3 is 0 Å². The smallest absolute Gasteiger partial charge is 0.248 e. The zero-order valence-electron chi connectivity index (χ0n) is 16.6. The lowest BCUT2D eigenvalue weighted by molar-refractivity contribution is -0.132. The Bertz CT molecular complexity index is 849. The van der Waals surface area contributed by atoms with Crippen molar-refractivity contribution in [1.29, 1.82) is 0 Å². The summed E-state index contributed by atoms with van der Waals surface area (Å²) in [4.78, 5) is 27.2. The van der Waals surface area contributed by atoms with Crippen molar-refractivity contribution in [3.63, 3.8) is 0 Å². The number of carbonyl (C=O) groups excluding carboxylic acids is 2. The third-order valence-corrected chi connectivity index (χ3v) is 5.90. The number of rotatable bonds is 5. The number of aromatic nitrogens is 2. The summed E-state index contributed by atoms with van der Waals surface area (Å²) >= 11 is 0. The maximum atomic E-state index is 13.3. The van der Waals surface area contributed by atoms with Crippen molar-refractivity contribution in [2.45, 2.75) is 44.2 Å². The van der Waals surface area contributed by atoms with Crippen LogP contribution in [-0.4, -0.2) is 41.2 Å². The molecule has 0 bridgehead atoms. The number of hydrogen-bond donors (Lipinski definition) is 2. The molecular formula is C21H28ClN5O2. The minimum Gasteiger partial charge on any atom is -0.347 e.